The molecule has 0 saturated carbocycles. The minimum absolute atomic E-state index is 0.0344. The van der Waals surface area contributed by atoms with E-state index < -0.39 is 17.6 Å². The first-order valence-electron chi connectivity index (χ1n) is 12.5. The van der Waals surface area contributed by atoms with Crippen molar-refractivity contribution in [2.75, 3.05) is 6.61 Å². The van der Waals surface area contributed by atoms with E-state index in [0.717, 1.165) is 11.3 Å². The van der Waals surface area contributed by atoms with Gasteiger partial charge in [-0.25, -0.2) is 9.37 Å². The number of halogens is 4. The van der Waals surface area contributed by atoms with Gasteiger partial charge in [0, 0.05) is 59.9 Å². The number of hydrogen-bond donors (Lipinski definition) is 1. The summed E-state index contributed by atoms with van der Waals surface area (Å²) in [6.45, 7) is 2.50. The third-order valence-corrected chi connectivity index (χ3v) is 7.40. The summed E-state index contributed by atoms with van der Waals surface area (Å²) >= 11 is 0. The van der Waals surface area contributed by atoms with Gasteiger partial charge in [-0.3, -0.25) is 9.55 Å². The van der Waals surface area contributed by atoms with E-state index in [1.807, 2.05) is 17.6 Å². The largest absolute Gasteiger partial charge is 0.493 e. The monoisotopic (exact) mass is 535 g/mol. The van der Waals surface area contributed by atoms with Crippen LogP contribution < -0.4 is 20.8 Å². The van der Waals surface area contributed by atoms with Crippen molar-refractivity contribution in [2.45, 2.75) is 39.0 Å². The predicted octanol–water partition coefficient (Wildman–Crippen LogP) is 2.59. The van der Waals surface area contributed by atoms with Gasteiger partial charge >= 0.3 is 6.18 Å². The Balaban J connectivity index is 1.54. The zero-order valence-corrected chi connectivity index (χ0v) is 20.7. The van der Waals surface area contributed by atoms with Crippen LogP contribution in [-0.2, 0) is 25.9 Å². The van der Waals surface area contributed by atoms with Crippen LogP contribution in [0.1, 0.15) is 29.4 Å². The quantitative estimate of drug-likeness (QED) is 0.405. The maximum Gasteiger partial charge on any atom is 0.416 e. The van der Waals surface area contributed by atoms with Gasteiger partial charge in [0.25, 0.3) is 0 Å². The first-order chi connectivity index (χ1) is 18.9. The standard InChI is InChI=1S/C27H21F4N7O/c1-2-14-11-16-24-21(18(27(29,30)31)5-9-37(14)24)22-23(33-8-7-32-22)26(38-13-35-36-25(16)38)34-12-17-15-6-10-39-20(15)4-3-19(17)28/h3-5,7-8,11,13,34H,2,6,9-10,12H2,1H3. The third kappa shape index (κ3) is 3.50. The van der Waals surface area contributed by atoms with Gasteiger partial charge in [-0.15, -0.1) is 10.2 Å². The lowest BCUT2D eigenvalue weighted by Gasteiger charge is -2.25. The van der Waals surface area contributed by atoms with Crippen LogP contribution in [-0.4, -0.2) is 42.1 Å². The first kappa shape index (κ1) is 23.6. The van der Waals surface area contributed by atoms with Crippen molar-refractivity contribution in [3.63, 3.8) is 0 Å². The molecule has 1 aromatic carbocycles. The van der Waals surface area contributed by atoms with Crippen molar-refractivity contribution < 1.29 is 22.3 Å². The second-order valence-electron chi connectivity index (χ2n) is 9.43. The summed E-state index contributed by atoms with van der Waals surface area (Å²) in [6, 6.07) is 4.80. The van der Waals surface area contributed by atoms with Crippen molar-refractivity contribution >= 4 is 11.4 Å². The SMILES string of the molecule is CCc1cc2c3n1CC=C(C(F)(F)F)C3=c1nccnc1=C(NCc1c(F)ccc3c1CCO3)n1cnnc1-2. The lowest BCUT2D eigenvalue weighted by molar-refractivity contribution is -0.0876. The van der Waals surface area contributed by atoms with Crippen LogP contribution in [0.25, 0.3) is 22.8 Å². The number of ether oxygens (including phenoxy) is 1. The molecule has 0 aliphatic carbocycles. The molecule has 3 aliphatic rings. The smallest absolute Gasteiger partial charge is 0.416 e. The second kappa shape index (κ2) is 8.52. The number of aromatic nitrogens is 6. The zero-order valence-electron chi connectivity index (χ0n) is 20.7. The van der Waals surface area contributed by atoms with E-state index in [-0.39, 0.29) is 29.4 Å². The minimum Gasteiger partial charge on any atom is -0.493 e. The summed E-state index contributed by atoms with van der Waals surface area (Å²) in [5.41, 5.74) is 2.06. The number of allylic oxidation sites excluding steroid dienone is 2. The van der Waals surface area contributed by atoms with Crippen LogP contribution >= 0.6 is 0 Å². The second-order valence-corrected chi connectivity index (χ2v) is 9.43. The van der Waals surface area contributed by atoms with Crippen LogP contribution in [0.2, 0.25) is 0 Å². The van der Waals surface area contributed by atoms with Gasteiger partial charge in [-0.1, -0.05) is 13.0 Å². The Labute approximate surface area is 219 Å². The zero-order chi connectivity index (χ0) is 26.9. The van der Waals surface area contributed by atoms with Crippen molar-refractivity contribution in [3.05, 3.63) is 87.6 Å². The number of aryl methyl sites for hydroxylation is 1. The molecule has 39 heavy (non-hydrogen) atoms. The fourth-order valence-corrected chi connectivity index (χ4v) is 5.69. The van der Waals surface area contributed by atoms with E-state index in [1.54, 1.807) is 10.6 Å². The van der Waals surface area contributed by atoms with Gasteiger partial charge in [-0.05, 0) is 24.6 Å². The molecule has 0 unspecified atom stereocenters. The number of nitrogens with zero attached hydrogens (tertiary/aromatic N) is 6. The molecule has 0 radical (unpaired) electrons. The Hall–Kier alpha value is -4.48. The number of rotatable bonds is 4. The van der Waals surface area contributed by atoms with E-state index in [9.17, 15) is 17.6 Å². The van der Waals surface area contributed by atoms with Crippen LogP contribution in [0.3, 0.4) is 0 Å². The fourth-order valence-electron chi connectivity index (χ4n) is 5.69. The van der Waals surface area contributed by atoms with Crippen LogP contribution in [0.5, 0.6) is 5.75 Å². The molecule has 6 heterocycles. The van der Waals surface area contributed by atoms with E-state index in [2.05, 4.69) is 25.5 Å². The molecule has 198 valence electrons. The number of benzene rings is 1. The number of nitrogens with one attached hydrogen (secondary N) is 1. The Morgan fingerprint density at radius 2 is 1.95 bits per heavy atom. The maximum atomic E-state index is 15.0. The van der Waals surface area contributed by atoms with E-state index in [1.165, 1.54) is 30.9 Å². The highest BCUT2D eigenvalue weighted by atomic mass is 19.4. The normalized spacial score (nSPS) is 15.5. The average Bonchev–Trinajstić information content (AvgIpc) is 3.66. The van der Waals surface area contributed by atoms with Gasteiger partial charge in [-0.2, -0.15) is 13.2 Å². The number of hydrogen-bond acceptors (Lipinski definition) is 6. The Morgan fingerprint density at radius 3 is 2.74 bits per heavy atom. The maximum absolute atomic E-state index is 15.0. The van der Waals surface area contributed by atoms with Crippen molar-refractivity contribution in [3.8, 4) is 17.1 Å². The number of fused-ring (bicyclic) bond motifs is 4. The summed E-state index contributed by atoms with van der Waals surface area (Å²) in [6.07, 6.45) is 1.97. The molecule has 8 nitrogen and oxygen atoms in total. The van der Waals surface area contributed by atoms with Crippen molar-refractivity contribution in [1.29, 1.82) is 0 Å². The molecule has 0 fully saturated rings. The summed E-state index contributed by atoms with van der Waals surface area (Å²) in [5, 5.41) is 11.9. The van der Waals surface area contributed by atoms with E-state index >= 15 is 0 Å². The van der Waals surface area contributed by atoms with Gasteiger partial charge in [0.05, 0.1) is 17.9 Å². The topological polar surface area (TPSA) is 82.7 Å². The summed E-state index contributed by atoms with van der Waals surface area (Å²) < 4.78 is 67.5. The summed E-state index contributed by atoms with van der Waals surface area (Å²) in [5.74, 6) is 0.861. The third-order valence-electron chi connectivity index (χ3n) is 7.40. The van der Waals surface area contributed by atoms with Crippen molar-refractivity contribution in [2.24, 2.45) is 0 Å². The fraction of sp³-hybridized carbons (Fsp3) is 0.259. The minimum atomic E-state index is -4.63. The first-order valence-corrected chi connectivity index (χ1v) is 12.5. The highest BCUT2D eigenvalue weighted by Gasteiger charge is 2.42. The molecule has 3 aromatic heterocycles. The molecule has 0 atom stereocenters. The predicted molar refractivity (Wildman–Crippen MR) is 132 cm³/mol. The molecule has 12 heteroatoms. The van der Waals surface area contributed by atoms with Crippen LogP contribution in [0.15, 0.2) is 48.6 Å². The summed E-state index contributed by atoms with van der Waals surface area (Å²) in [7, 11) is 0. The van der Waals surface area contributed by atoms with Crippen LogP contribution in [0.4, 0.5) is 17.6 Å². The Bertz CT molecular complexity index is 1820. The van der Waals surface area contributed by atoms with Gasteiger partial charge in [0.2, 0.25) is 0 Å². The Kier molecular flexibility index (Phi) is 5.16. The van der Waals surface area contributed by atoms with Gasteiger partial charge < -0.3 is 14.6 Å². The van der Waals surface area contributed by atoms with Crippen LogP contribution in [0, 0.1) is 5.82 Å². The molecule has 0 amide bonds. The van der Waals surface area contributed by atoms with E-state index in [4.69, 9.17) is 4.74 Å². The highest BCUT2D eigenvalue weighted by Crippen LogP contribution is 2.43. The number of alkyl halides is 3. The molecule has 0 spiro atoms. The average molecular weight is 536 g/mol. The molecule has 4 aromatic rings. The molecule has 0 bridgehead atoms. The highest BCUT2D eigenvalue weighted by molar-refractivity contribution is 5.88. The lowest BCUT2D eigenvalue weighted by Crippen LogP contribution is -2.43. The molecule has 3 aliphatic heterocycles. The van der Waals surface area contributed by atoms with Crippen molar-refractivity contribution in [1.82, 2.24) is 34.6 Å². The Morgan fingerprint density at radius 1 is 1.13 bits per heavy atom. The summed E-state index contributed by atoms with van der Waals surface area (Å²) in [4.78, 5) is 8.90. The van der Waals surface area contributed by atoms with Gasteiger partial charge in [0.1, 0.15) is 34.4 Å². The molecular weight excluding hydrogens is 514 g/mol. The molecule has 1 N–H and O–H groups in total. The van der Waals surface area contributed by atoms with Gasteiger partial charge in [0.15, 0.2) is 5.82 Å². The molecule has 0 saturated heterocycles. The lowest BCUT2D eigenvalue weighted by atomic mass is 9.94. The van der Waals surface area contributed by atoms with E-state index in [0.29, 0.717) is 53.7 Å². The molecular formula is C27H21F4N7O. The molecule has 7 rings (SSSR count).